The molecule has 2 N–H and O–H groups in total. The Hall–Kier alpha value is -3.54. The highest BCUT2D eigenvalue weighted by Gasteiger charge is 2.20. The van der Waals surface area contributed by atoms with E-state index in [0.29, 0.717) is 33.4 Å². The van der Waals surface area contributed by atoms with Crippen LogP contribution >= 0.6 is 0 Å². The molecule has 0 radical (unpaired) electrons. The quantitative estimate of drug-likeness (QED) is 0.453. The third-order valence-corrected chi connectivity index (χ3v) is 4.48. The first kappa shape index (κ1) is 14.8. The summed E-state index contributed by atoms with van der Waals surface area (Å²) in [6.45, 7) is 0. The molecule has 0 aliphatic rings. The number of hydrogen-bond acceptors (Lipinski definition) is 3. The van der Waals surface area contributed by atoms with Crippen LogP contribution in [-0.2, 0) is 0 Å². The average molecular weight is 346 g/mol. The maximum atomic E-state index is 14.6. The number of anilines is 1. The van der Waals surface area contributed by atoms with Crippen LogP contribution < -0.4 is 5.73 Å². The molecule has 5 aromatic rings. The maximum absolute atomic E-state index is 14.6. The van der Waals surface area contributed by atoms with Gasteiger partial charge in [-0.05, 0) is 36.4 Å². The van der Waals surface area contributed by atoms with Crippen LogP contribution in [0.5, 0.6) is 0 Å². The number of hydrogen-bond donors (Lipinski definition) is 1. The lowest BCUT2D eigenvalue weighted by Crippen LogP contribution is -2.03. The first-order valence-corrected chi connectivity index (χ1v) is 8.05. The summed E-state index contributed by atoms with van der Waals surface area (Å²) in [4.78, 5) is 9.11. The molecule has 26 heavy (non-hydrogen) atoms. The summed E-state index contributed by atoms with van der Waals surface area (Å²) in [5, 5.41) is 0.294. The molecule has 5 rings (SSSR count). The lowest BCUT2D eigenvalue weighted by atomic mass is 10.1. The number of nitrogen functional groups attached to an aromatic ring is 1. The van der Waals surface area contributed by atoms with E-state index in [1.54, 1.807) is 22.6 Å². The third-order valence-electron chi connectivity index (χ3n) is 4.48. The lowest BCUT2D eigenvalue weighted by molar-refractivity contribution is 0.630. The molecule has 6 heteroatoms. The van der Waals surface area contributed by atoms with Crippen molar-refractivity contribution >= 4 is 33.3 Å². The SMILES string of the molecule is Nc1cccc(F)c1-c1nc2cccc(F)c2c2nc3ccccc3n12. The number of benzene rings is 3. The van der Waals surface area contributed by atoms with Crippen LogP contribution in [0.25, 0.3) is 39.0 Å². The molecule has 0 aliphatic heterocycles. The van der Waals surface area contributed by atoms with E-state index >= 15 is 0 Å². The second-order valence-corrected chi connectivity index (χ2v) is 6.03. The fourth-order valence-electron chi connectivity index (χ4n) is 3.34. The standard InChI is InChI=1S/C20H12F2N4/c21-11-5-3-7-13(23)17(11)19-25-15-9-4-6-12(22)18(15)20-24-14-8-1-2-10-16(14)26(19)20/h1-10H,23H2. The normalized spacial score (nSPS) is 11.6. The monoisotopic (exact) mass is 346 g/mol. The van der Waals surface area contributed by atoms with Crippen molar-refractivity contribution in [3.8, 4) is 11.4 Å². The van der Waals surface area contributed by atoms with E-state index in [2.05, 4.69) is 9.97 Å². The number of imidazole rings is 1. The van der Waals surface area contributed by atoms with E-state index in [9.17, 15) is 8.78 Å². The number of para-hydroxylation sites is 2. The van der Waals surface area contributed by atoms with Gasteiger partial charge in [0.1, 0.15) is 11.6 Å². The van der Waals surface area contributed by atoms with Gasteiger partial charge in [0.25, 0.3) is 0 Å². The van der Waals surface area contributed by atoms with Gasteiger partial charge in [-0.25, -0.2) is 18.7 Å². The molecule has 2 heterocycles. The van der Waals surface area contributed by atoms with E-state index in [0.717, 1.165) is 0 Å². The lowest BCUT2D eigenvalue weighted by Gasteiger charge is -2.12. The van der Waals surface area contributed by atoms with E-state index in [1.165, 1.54) is 18.2 Å². The van der Waals surface area contributed by atoms with Crippen molar-refractivity contribution in [1.29, 1.82) is 0 Å². The molecular formula is C20H12F2N4. The van der Waals surface area contributed by atoms with Gasteiger partial charge >= 0.3 is 0 Å². The highest BCUT2D eigenvalue weighted by atomic mass is 19.1. The zero-order valence-electron chi connectivity index (χ0n) is 13.4. The van der Waals surface area contributed by atoms with Gasteiger partial charge < -0.3 is 5.73 Å². The minimum absolute atomic E-state index is 0.173. The van der Waals surface area contributed by atoms with Crippen molar-refractivity contribution in [2.75, 3.05) is 5.73 Å². The predicted molar refractivity (Wildman–Crippen MR) is 97.8 cm³/mol. The summed E-state index contributed by atoms with van der Waals surface area (Å²) < 4.78 is 30.8. The number of nitrogens with two attached hydrogens (primary N) is 1. The first-order valence-electron chi connectivity index (χ1n) is 8.05. The van der Waals surface area contributed by atoms with Crippen LogP contribution in [-0.4, -0.2) is 14.4 Å². The van der Waals surface area contributed by atoms with Crippen molar-refractivity contribution in [1.82, 2.24) is 14.4 Å². The summed E-state index contributed by atoms with van der Waals surface area (Å²) in [5.41, 5.74) is 8.62. The topological polar surface area (TPSA) is 56.2 Å². The summed E-state index contributed by atoms with van der Waals surface area (Å²) in [6.07, 6.45) is 0. The molecular weight excluding hydrogens is 334 g/mol. The van der Waals surface area contributed by atoms with Gasteiger partial charge in [0.15, 0.2) is 11.5 Å². The number of fused-ring (bicyclic) bond motifs is 5. The summed E-state index contributed by atoms with van der Waals surface area (Å²) >= 11 is 0. The molecule has 3 aromatic carbocycles. The fourth-order valence-corrected chi connectivity index (χ4v) is 3.34. The van der Waals surface area contributed by atoms with E-state index in [1.807, 2.05) is 24.3 Å². The van der Waals surface area contributed by atoms with E-state index < -0.39 is 11.6 Å². The van der Waals surface area contributed by atoms with Crippen molar-refractivity contribution in [2.45, 2.75) is 0 Å². The average Bonchev–Trinajstić information content (AvgIpc) is 3.01. The molecule has 0 atom stereocenters. The Balaban J connectivity index is 2.09. The molecule has 0 spiro atoms. The van der Waals surface area contributed by atoms with Crippen molar-refractivity contribution < 1.29 is 8.78 Å². The predicted octanol–water partition coefficient (Wildman–Crippen LogP) is 4.56. The van der Waals surface area contributed by atoms with Crippen LogP contribution in [0.4, 0.5) is 14.5 Å². The Kier molecular flexibility index (Phi) is 2.97. The minimum atomic E-state index is -0.493. The molecule has 0 amide bonds. The molecule has 4 nitrogen and oxygen atoms in total. The van der Waals surface area contributed by atoms with E-state index in [-0.39, 0.29) is 11.3 Å². The van der Waals surface area contributed by atoms with Gasteiger partial charge in [0.05, 0.1) is 27.5 Å². The second-order valence-electron chi connectivity index (χ2n) is 6.03. The molecule has 0 saturated carbocycles. The smallest absolute Gasteiger partial charge is 0.152 e. The van der Waals surface area contributed by atoms with Gasteiger partial charge in [-0.15, -0.1) is 0 Å². The second kappa shape index (κ2) is 5.23. The third kappa shape index (κ3) is 1.92. The van der Waals surface area contributed by atoms with E-state index in [4.69, 9.17) is 5.73 Å². The fraction of sp³-hybridized carbons (Fsp3) is 0. The molecule has 0 bridgehead atoms. The summed E-state index contributed by atoms with van der Waals surface area (Å²) in [7, 11) is 0. The largest absolute Gasteiger partial charge is 0.398 e. The first-order chi connectivity index (χ1) is 12.6. The molecule has 2 aromatic heterocycles. The molecule has 126 valence electrons. The Bertz CT molecular complexity index is 1300. The number of aromatic nitrogens is 3. The highest BCUT2D eigenvalue weighted by molar-refractivity contribution is 5.99. The van der Waals surface area contributed by atoms with Crippen molar-refractivity contribution in [3.05, 3.63) is 72.3 Å². The number of rotatable bonds is 1. The summed E-state index contributed by atoms with van der Waals surface area (Å²) in [6, 6.07) is 16.4. The van der Waals surface area contributed by atoms with Crippen molar-refractivity contribution in [2.24, 2.45) is 0 Å². The summed E-state index contributed by atoms with van der Waals surface area (Å²) in [5.74, 6) is -0.627. The molecule has 0 saturated heterocycles. The van der Waals surface area contributed by atoms with Gasteiger partial charge in [-0.2, -0.15) is 0 Å². The molecule has 0 fully saturated rings. The van der Waals surface area contributed by atoms with Gasteiger partial charge in [-0.1, -0.05) is 24.3 Å². The number of nitrogens with zero attached hydrogens (tertiary/aromatic N) is 3. The number of halogens is 2. The maximum Gasteiger partial charge on any atom is 0.152 e. The minimum Gasteiger partial charge on any atom is -0.398 e. The van der Waals surface area contributed by atoms with Crippen LogP contribution in [0.1, 0.15) is 0 Å². The zero-order valence-corrected chi connectivity index (χ0v) is 13.4. The van der Waals surface area contributed by atoms with Crippen LogP contribution in [0, 0.1) is 11.6 Å². The van der Waals surface area contributed by atoms with Crippen molar-refractivity contribution in [3.63, 3.8) is 0 Å². The zero-order chi connectivity index (χ0) is 17.8. The van der Waals surface area contributed by atoms with Crippen LogP contribution in [0.15, 0.2) is 60.7 Å². The Morgan fingerprint density at radius 2 is 1.50 bits per heavy atom. The highest BCUT2D eigenvalue weighted by Crippen LogP contribution is 2.34. The Labute approximate surface area is 146 Å². The Morgan fingerprint density at radius 3 is 2.35 bits per heavy atom. The molecule has 0 aliphatic carbocycles. The van der Waals surface area contributed by atoms with Crippen LogP contribution in [0.3, 0.4) is 0 Å². The van der Waals surface area contributed by atoms with Gasteiger partial charge in [0, 0.05) is 5.69 Å². The van der Waals surface area contributed by atoms with Crippen LogP contribution in [0.2, 0.25) is 0 Å². The Morgan fingerprint density at radius 1 is 0.769 bits per heavy atom. The molecule has 0 unspecified atom stereocenters. The van der Waals surface area contributed by atoms with Gasteiger partial charge in [-0.3, -0.25) is 4.40 Å². The van der Waals surface area contributed by atoms with Gasteiger partial charge in [0.2, 0.25) is 0 Å².